The van der Waals surface area contributed by atoms with Gasteiger partial charge in [-0.15, -0.1) is 11.8 Å². The zero-order valence-corrected chi connectivity index (χ0v) is 11.2. The molecule has 0 unspecified atom stereocenters. The zero-order valence-electron chi connectivity index (χ0n) is 9.61. The second-order valence-corrected chi connectivity index (χ2v) is 7.73. The lowest BCUT2D eigenvalue weighted by Crippen LogP contribution is -2.37. The third-order valence-corrected chi connectivity index (χ3v) is 6.68. The van der Waals surface area contributed by atoms with Crippen LogP contribution in [0.5, 0.6) is 0 Å². The molecule has 0 saturated carbocycles. The summed E-state index contributed by atoms with van der Waals surface area (Å²) in [6.45, 7) is 1.27. The van der Waals surface area contributed by atoms with Crippen LogP contribution in [0, 0.1) is 0 Å². The minimum atomic E-state index is -3.37. The minimum absolute atomic E-state index is 0.216. The Labute approximate surface area is 111 Å². The van der Waals surface area contributed by atoms with Crippen LogP contribution in [0.2, 0.25) is 0 Å². The summed E-state index contributed by atoms with van der Waals surface area (Å²) in [5, 5.41) is 21.0. The highest BCUT2D eigenvalue weighted by atomic mass is 32.3. The van der Waals surface area contributed by atoms with Crippen LogP contribution < -0.4 is 10.8 Å². The summed E-state index contributed by atoms with van der Waals surface area (Å²) in [5.41, 5.74) is 0.281. The first kappa shape index (κ1) is 13.9. The highest BCUT2D eigenvalue weighted by Gasteiger charge is 2.29. The van der Waals surface area contributed by atoms with E-state index in [9.17, 15) is 8.42 Å². The van der Waals surface area contributed by atoms with Gasteiger partial charge < -0.3 is 15.4 Å². The summed E-state index contributed by atoms with van der Waals surface area (Å²) in [4.78, 5) is 0.216. The van der Waals surface area contributed by atoms with Crippen LogP contribution in [-0.4, -0.2) is 49.0 Å². The lowest BCUT2D eigenvalue weighted by atomic mass is 9.81. The number of sulfone groups is 1. The van der Waals surface area contributed by atoms with Gasteiger partial charge in [-0.25, -0.2) is 8.42 Å². The fourth-order valence-corrected chi connectivity index (χ4v) is 4.98. The van der Waals surface area contributed by atoms with Crippen LogP contribution in [-0.2, 0) is 9.84 Å². The molecule has 18 heavy (non-hydrogen) atoms. The molecule has 1 fully saturated rings. The van der Waals surface area contributed by atoms with Gasteiger partial charge in [-0.3, -0.25) is 0 Å². The Morgan fingerprint density at radius 3 is 2.44 bits per heavy atom. The highest BCUT2D eigenvalue weighted by Crippen LogP contribution is 2.25. The molecule has 8 heteroatoms. The summed E-state index contributed by atoms with van der Waals surface area (Å²) in [7, 11) is -4.94. The van der Waals surface area contributed by atoms with Crippen LogP contribution in [0.1, 0.15) is 0 Å². The number of nitrogens with one attached hydrogen (secondary N) is 1. The third kappa shape index (κ3) is 2.89. The molecule has 5 nitrogen and oxygen atoms in total. The van der Waals surface area contributed by atoms with Crippen LogP contribution in [0.4, 0.5) is 0 Å². The van der Waals surface area contributed by atoms with E-state index in [1.165, 1.54) is 36.0 Å². The number of hydrogen-bond donors (Lipinski definition) is 3. The van der Waals surface area contributed by atoms with Gasteiger partial charge in [-0.1, -0.05) is 12.1 Å². The van der Waals surface area contributed by atoms with Crippen molar-refractivity contribution in [1.29, 1.82) is 0 Å². The maximum Gasteiger partial charge on any atom is 0.488 e. The van der Waals surface area contributed by atoms with Gasteiger partial charge in [0.05, 0.1) is 4.90 Å². The maximum atomic E-state index is 12.3. The van der Waals surface area contributed by atoms with Gasteiger partial charge >= 0.3 is 7.12 Å². The topological polar surface area (TPSA) is 86.6 Å². The van der Waals surface area contributed by atoms with Crippen molar-refractivity contribution in [1.82, 2.24) is 5.32 Å². The summed E-state index contributed by atoms with van der Waals surface area (Å²) in [6.07, 6.45) is 0. The Morgan fingerprint density at radius 2 is 1.94 bits per heavy atom. The average Bonchev–Trinajstić information content (AvgIpc) is 2.40. The first-order valence-electron chi connectivity index (χ1n) is 5.54. The molecule has 0 spiro atoms. The van der Waals surface area contributed by atoms with E-state index >= 15 is 0 Å². The molecule has 0 amide bonds. The quantitative estimate of drug-likeness (QED) is 0.606. The van der Waals surface area contributed by atoms with Gasteiger partial charge in [-0.2, -0.15) is 0 Å². The third-order valence-electron chi connectivity index (χ3n) is 2.75. The lowest BCUT2D eigenvalue weighted by Gasteiger charge is -2.22. The van der Waals surface area contributed by atoms with E-state index in [-0.39, 0.29) is 10.4 Å². The van der Waals surface area contributed by atoms with E-state index in [4.69, 9.17) is 10.0 Å². The summed E-state index contributed by atoms with van der Waals surface area (Å²) >= 11 is 1.43. The van der Waals surface area contributed by atoms with E-state index < -0.39 is 21.5 Å². The molecule has 0 bridgehead atoms. The van der Waals surface area contributed by atoms with Gasteiger partial charge in [0.15, 0.2) is 9.84 Å². The fraction of sp³-hybridized carbons (Fsp3) is 0.400. The van der Waals surface area contributed by atoms with Crippen LogP contribution in [0.3, 0.4) is 0 Å². The summed E-state index contributed by atoms with van der Waals surface area (Å²) in [6, 6.07) is 5.66. The van der Waals surface area contributed by atoms with E-state index in [1.807, 2.05) is 0 Å². The molecular weight excluding hydrogens is 273 g/mol. The van der Waals surface area contributed by atoms with Crippen molar-refractivity contribution in [2.24, 2.45) is 0 Å². The summed E-state index contributed by atoms with van der Waals surface area (Å²) < 4.78 is 24.1. The molecule has 98 valence electrons. The molecule has 1 heterocycles. The number of hydrogen-bond acceptors (Lipinski definition) is 6. The standard InChI is InChI=1S/C10H14BNO4S2/c13-11(14)8-1-3-9(4-2-8)18(15,16)10-7-12-5-6-17-10/h1-4,10,12-14H,5-7H2/t10-/m1/s1. The SMILES string of the molecule is O=S(=O)(c1ccc(B(O)O)cc1)[C@@H]1CNCCS1. The lowest BCUT2D eigenvalue weighted by molar-refractivity contribution is 0.425. The van der Waals surface area contributed by atoms with Crippen molar-refractivity contribution in [2.45, 2.75) is 9.48 Å². The van der Waals surface area contributed by atoms with Crippen LogP contribution >= 0.6 is 11.8 Å². The smallest absolute Gasteiger partial charge is 0.423 e. The highest BCUT2D eigenvalue weighted by molar-refractivity contribution is 8.13. The fourth-order valence-electron chi connectivity index (χ4n) is 1.72. The van der Waals surface area contributed by atoms with Gasteiger partial charge in [0.1, 0.15) is 4.58 Å². The maximum absolute atomic E-state index is 12.3. The normalized spacial score (nSPS) is 20.7. The molecule has 0 radical (unpaired) electrons. The molecule has 0 aliphatic carbocycles. The van der Waals surface area contributed by atoms with Gasteiger partial charge in [-0.05, 0) is 17.6 Å². The first-order chi connectivity index (χ1) is 8.51. The van der Waals surface area contributed by atoms with E-state index in [2.05, 4.69) is 5.32 Å². The molecule has 1 aromatic rings. The molecule has 1 aromatic carbocycles. The van der Waals surface area contributed by atoms with Crippen molar-refractivity contribution in [3.8, 4) is 0 Å². The second-order valence-electron chi connectivity index (χ2n) is 3.99. The molecular formula is C10H14BNO4S2. The van der Waals surface area contributed by atoms with Crippen molar-refractivity contribution in [2.75, 3.05) is 18.8 Å². The Bertz CT molecular complexity index is 497. The van der Waals surface area contributed by atoms with E-state index in [1.54, 1.807) is 0 Å². The Balaban J connectivity index is 2.23. The first-order valence-corrected chi connectivity index (χ1v) is 8.13. The zero-order chi connectivity index (χ0) is 13.2. The Kier molecular flexibility index (Phi) is 4.34. The predicted octanol–water partition coefficient (Wildman–Crippen LogP) is -1.20. The molecule has 1 aliphatic heterocycles. The largest absolute Gasteiger partial charge is 0.488 e. The van der Waals surface area contributed by atoms with Crippen molar-refractivity contribution < 1.29 is 18.5 Å². The van der Waals surface area contributed by atoms with Crippen molar-refractivity contribution in [3.63, 3.8) is 0 Å². The molecule has 1 atom stereocenters. The molecule has 1 aliphatic rings. The minimum Gasteiger partial charge on any atom is -0.423 e. The predicted molar refractivity (Wildman–Crippen MR) is 72.6 cm³/mol. The van der Waals surface area contributed by atoms with E-state index in [0.29, 0.717) is 6.54 Å². The van der Waals surface area contributed by atoms with Gasteiger partial charge in [0.2, 0.25) is 0 Å². The van der Waals surface area contributed by atoms with Crippen molar-refractivity contribution in [3.05, 3.63) is 24.3 Å². The molecule has 2 rings (SSSR count). The van der Waals surface area contributed by atoms with Crippen LogP contribution in [0.15, 0.2) is 29.2 Å². The monoisotopic (exact) mass is 287 g/mol. The number of thioether (sulfide) groups is 1. The van der Waals surface area contributed by atoms with Gasteiger partial charge in [0.25, 0.3) is 0 Å². The number of benzene rings is 1. The molecule has 0 aromatic heterocycles. The second kappa shape index (κ2) is 5.62. The molecule has 3 N–H and O–H groups in total. The van der Waals surface area contributed by atoms with Crippen LogP contribution in [0.25, 0.3) is 0 Å². The van der Waals surface area contributed by atoms with E-state index in [0.717, 1.165) is 12.3 Å². The van der Waals surface area contributed by atoms with Gasteiger partial charge in [0, 0.05) is 18.8 Å². The Hall–Kier alpha value is -0.535. The van der Waals surface area contributed by atoms with Crippen molar-refractivity contribution >= 4 is 34.2 Å². The molecule has 1 saturated heterocycles. The summed E-state index contributed by atoms with van der Waals surface area (Å²) in [5.74, 6) is 0.775. The Morgan fingerprint density at radius 1 is 1.28 bits per heavy atom. The average molecular weight is 287 g/mol. The number of rotatable bonds is 3.